The third-order valence-electron chi connectivity index (χ3n) is 2.62. The van der Waals surface area contributed by atoms with E-state index in [-0.39, 0.29) is 12.3 Å². The normalized spacial score (nSPS) is 10.1. The fraction of sp³-hybridized carbons (Fsp3) is 0.143. The molecular formula is C14H14BrN3O2. The molecule has 0 aliphatic rings. The first-order chi connectivity index (χ1) is 9.58. The Morgan fingerprint density at radius 3 is 2.85 bits per heavy atom. The Hall–Kier alpha value is -2.08. The number of hydrogen-bond donors (Lipinski definition) is 2. The van der Waals surface area contributed by atoms with Crippen LogP contribution in [-0.4, -0.2) is 18.0 Å². The van der Waals surface area contributed by atoms with Gasteiger partial charge in [0, 0.05) is 10.2 Å². The van der Waals surface area contributed by atoms with Gasteiger partial charge in [0.1, 0.15) is 5.75 Å². The van der Waals surface area contributed by atoms with Crippen LogP contribution in [-0.2, 0) is 11.2 Å². The molecule has 3 N–H and O–H groups in total. The molecular weight excluding hydrogens is 322 g/mol. The maximum absolute atomic E-state index is 12.0. The lowest BCUT2D eigenvalue weighted by molar-refractivity contribution is -0.115. The highest BCUT2D eigenvalue weighted by molar-refractivity contribution is 9.10. The molecule has 5 nitrogen and oxygen atoms in total. The lowest BCUT2D eigenvalue weighted by Gasteiger charge is -2.10. The minimum Gasteiger partial charge on any atom is -0.495 e. The van der Waals surface area contributed by atoms with Crippen molar-refractivity contribution in [3.63, 3.8) is 0 Å². The van der Waals surface area contributed by atoms with Gasteiger partial charge in [-0.15, -0.1) is 0 Å². The predicted octanol–water partition coefficient (Wildman–Crippen LogP) is 2.62. The number of carbonyl (C=O) groups excluding carboxylic acids is 1. The molecule has 2 rings (SSSR count). The second kappa shape index (κ2) is 6.38. The number of pyridine rings is 1. The Labute approximate surface area is 125 Å². The fourth-order valence-corrected chi connectivity index (χ4v) is 2.04. The van der Waals surface area contributed by atoms with Gasteiger partial charge in [0.05, 0.1) is 31.1 Å². The zero-order valence-corrected chi connectivity index (χ0v) is 12.5. The number of halogens is 1. The van der Waals surface area contributed by atoms with Gasteiger partial charge in [-0.25, -0.2) is 0 Å². The standard InChI is InChI=1S/C14H14BrN3O2/c1-20-13-5-2-9(15)6-12(13)18-14(19)7-11-4-3-10(16)8-17-11/h2-6,8H,7,16H2,1H3,(H,18,19). The quantitative estimate of drug-likeness (QED) is 0.900. The SMILES string of the molecule is COc1ccc(Br)cc1NC(=O)Cc1ccc(N)cn1. The van der Waals surface area contributed by atoms with Crippen molar-refractivity contribution in [3.8, 4) is 5.75 Å². The number of nitrogens with zero attached hydrogens (tertiary/aromatic N) is 1. The van der Waals surface area contributed by atoms with E-state index in [1.807, 2.05) is 6.07 Å². The number of rotatable bonds is 4. The van der Waals surface area contributed by atoms with Crippen molar-refractivity contribution in [2.75, 3.05) is 18.2 Å². The van der Waals surface area contributed by atoms with E-state index in [9.17, 15) is 4.79 Å². The highest BCUT2D eigenvalue weighted by atomic mass is 79.9. The molecule has 0 fully saturated rings. The smallest absolute Gasteiger partial charge is 0.230 e. The third kappa shape index (κ3) is 3.71. The van der Waals surface area contributed by atoms with Crippen LogP contribution in [0.3, 0.4) is 0 Å². The highest BCUT2D eigenvalue weighted by Gasteiger charge is 2.09. The molecule has 0 atom stereocenters. The van der Waals surface area contributed by atoms with Crippen molar-refractivity contribution in [2.24, 2.45) is 0 Å². The number of aromatic nitrogens is 1. The first kappa shape index (κ1) is 14.3. The van der Waals surface area contributed by atoms with Gasteiger partial charge in [-0.2, -0.15) is 0 Å². The van der Waals surface area contributed by atoms with Crippen LogP contribution in [0, 0.1) is 0 Å². The topological polar surface area (TPSA) is 77.2 Å². The molecule has 2 aromatic rings. The summed E-state index contributed by atoms with van der Waals surface area (Å²) < 4.78 is 6.06. The summed E-state index contributed by atoms with van der Waals surface area (Å²) >= 11 is 3.36. The molecule has 0 saturated carbocycles. The van der Waals surface area contributed by atoms with Gasteiger partial charge < -0.3 is 15.8 Å². The molecule has 0 aliphatic carbocycles. The maximum Gasteiger partial charge on any atom is 0.230 e. The van der Waals surface area contributed by atoms with Gasteiger partial charge in [-0.1, -0.05) is 15.9 Å². The monoisotopic (exact) mass is 335 g/mol. The molecule has 0 spiro atoms. The average Bonchev–Trinajstić information content (AvgIpc) is 2.41. The number of carbonyl (C=O) groups is 1. The van der Waals surface area contributed by atoms with Crippen LogP contribution >= 0.6 is 15.9 Å². The Morgan fingerprint density at radius 1 is 1.40 bits per heavy atom. The zero-order valence-electron chi connectivity index (χ0n) is 10.9. The second-order valence-corrected chi connectivity index (χ2v) is 5.07. The van der Waals surface area contributed by atoms with Crippen molar-refractivity contribution in [1.82, 2.24) is 4.98 Å². The molecule has 6 heteroatoms. The van der Waals surface area contributed by atoms with Gasteiger partial charge in [-0.05, 0) is 30.3 Å². The molecule has 0 saturated heterocycles. The molecule has 0 unspecified atom stereocenters. The number of methoxy groups -OCH3 is 1. The van der Waals surface area contributed by atoms with Crippen LogP contribution in [0.4, 0.5) is 11.4 Å². The molecule has 1 aromatic carbocycles. The fourth-order valence-electron chi connectivity index (χ4n) is 1.68. The first-order valence-corrected chi connectivity index (χ1v) is 6.71. The summed E-state index contributed by atoms with van der Waals surface area (Å²) in [6.07, 6.45) is 1.71. The Bertz CT molecular complexity index is 614. The van der Waals surface area contributed by atoms with Crippen LogP contribution in [0.15, 0.2) is 41.0 Å². The van der Waals surface area contributed by atoms with Crippen LogP contribution < -0.4 is 15.8 Å². The van der Waals surface area contributed by atoms with Crippen LogP contribution in [0.1, 0.15) is 5.69 Å². The molecule has 1 amide bonds. The zero-order chi connectivity index (χ0) is 14.5. The van der Waals surface area contributed by atoms with E-state index in [2.05, 4.69) is 26.2 Å². The van der Waals surface area contributed by atoms with E-state index in [0.29, 0.717) is 22.8 Å². The predicted molar refractivity (Wildman–Crippen MR) is 81.7 cm³/mol. The summed E-state index contributed by atoms with van der Waals surface area (Å²) in [6.45, 7) is 0. The van der Waals surface area contributed by atoms with Gasteiger partial charge in [0.15, 0.2) is 0 Å². The minimum atomic E-state index is -0.168. The van der Waals surface area contributed by atoms with E-state index >= 15 is 0 Å². The molecule has 104 valence electrons. The van der Waals surface area contributed by atoms with Crippen molar-refractivity contribution in [3.05, 3.63) is 46.7 Å². The minimum absolute atomic E-state index is 0.168. The van der Waals surface area contributed by atoms with E-state index < -0.39 is 0 Å². The maximum atomic E-state index is 12.0. The van der Waals surface area contributed by atoms with E-state index in [4.69, 9.17) is 10.5 Å². The average molecular weight is 336 g/mol. The number of nitrogen functional groups attached to an aromatic ring is 1. The van der Waals surface area contributed by atoms with E-state index in [1.165, 1.54) is 6.20 Å². The van der Waals surface area contributed by atoms with Crippen molar-refractivity contribution < 1.29 is 9.53 Å². The summed E-state index contributed by atoms with van der Waals surface area (Å²) in [7, 11) is 1.56. The summed E-state index contributed by atoms with van der Waals surface area (Å²) in [4.78, 5) is 16.1. The first-order valence-electron chi connectivity index (χ1n) is 5.92. The summed E-state index contributed by atoms with van der Waals surface area (Å²) in [5, 5.41) is 2.80. The lowest BCUT2D eigenvalue weighted by atomic mass is 10.2. The van der Waals surface area contributed by atoms with Crippen molar-refractivity contribution in [1.29, 1.82) is 0 Å². The van der Waals surface area contributed by atoms with Crippen LogP contribution in [0.5, 0.6) is 5.75 Å². The Balaban J connectivity index is 2.08. The molecule has 1 aromatic heterocycles. The Morgan fingerprint density at radius 2 is 2.20 bits per heavy atom. The number of amides is 1. The van der Waals surface area contributed by atoms with Crippen molar-refractivity contribution >= 4 is 33.2 Å². The third-order valence-corrected chi connectivity index (χ3v) is 3.12. The molecule has 0 aliphatic heterocycles. The highest BCUT2D eigenvalue weighted by Crippen LogP contribution is 2.27. The van der Waals surface area contributed by atoms with Gasteiger partial charge in [-0.3, -0.25) is 9.78 Å². The van der Waals surface area contributed by atoms with Crippen molar-refractivity contribution in [2.45, 2.75) is 6.42 Å². The van der Waals surface area contributed by atoms with Crippen LogP contribution in [0.2, 0.25) is 0 Å². The van der Waals surface area contributed by atoms with Gasteiger partial charge >= 0.3 is 0 Å². The number of benzene rings is 1. The second-order valence-electron chi connectivity index (χ2n) is 4.15. The number of ether oxygens (including phenoxy) is 1. The lowest BCUT2D eigenvalue weighted by Crippen LogP contribution is -2.15. The summed E-state index contributed by atoms with van der Waals surface area (Å²) in [6, 6.07) is 8.85. The molecule has 1 heterocycles. The number of nitrogens with one attached hydrogen (secondary N) is 1. The molecule has 0 radical (unpaired) electrons. The van der Waals surface area contributed by atoms with Gasteiger partial charge in [0.25, 0.3) is 0 Å². The van der Waals surface area contributed by atoms with Gasteiger partial charge in [0.2, 0.25) is 5.91 Å². The van der Waals surface area contributed by atoms with E-state index in [0.717, 1.165) is 4.47 Å². The molecule has 0 bridgehead atoms. The van der Waals surface area contributed by atoms with E-state index in [1.54, 1.807) is 31.4 Å². The molecule has 20 heavy (non-hydrogen) atoms. The number of nitrogens with two attached hydrogens (primary N) is 1. The number of anilines is 2. The number of hydrogen-bond acceptors (Lipinski definition) is 4. The summed E-state index contributed by atoms with van der Waals surface area (Å²) in [5.74, 6) is 0.436. The summed E-state index contributed by atoms with van der Waals surface area (Å²) in [5.41, 5.74) is 7.39. The largest absolute Gasteiger partial charge is 0.495 e. The van der Waals surface area contributed by atoms with Crippen LogP contribution in [0.25, 0.3) is 0 Å². The Kier molecular flexibility index (Phi) is 4.57.